The topological polar surface area (TPSA) is 80.9 Å². The van der Waals surface area contributed by atoms with Crippen molar-refractivity contribution in [3.8, 4) is 17.2 Å². The Balaban J connectivity index is 0.00000363. The van der Waals surface area contributed by atoms with Gasteiger partial charge in [-0.15, -0.1) is 24.0 Å². The van der Waals surface area contributed by atoms with Crippen LogP contribution in [0.25, 0.3) is 11.5 Å². The van der Waals surface area contributed by atoms with E-state index < -0.39 is 0 Å². The Morgan fingerprint density at radius 3 is 2.47 bits per heavy atom. The number of rotatable bonds is 10. The lowest BCUT2D eigenvalue weighted by Crippen LogP contribution is -2.36. The van der Waals surface area contributed by atoms with Gasteiger partial charge in [-0.3, -0.25) is 0 Å². The molecule has 0 aliphatic heterocycles. The van der Waals surface area contributed by atoms with Crippen LogP contribution in [0.3, 0.4) is 0 Å². The minimum absolute atomic E-state index is 0. The summed E-state index contributed by atoms with van der Waals surface area (Å²) in [6.07, 6.45) is 1.67. The molecule has 8 heteroatoms. The first-order chi connectivity index (χ1) is 15.2. The number of methoxy groups -OCH3 is 1. The van der Waals surface area contributed by atoms with Crippen LogP contribution >= 0.6 is 24.0 Å². The van der Waals surface area contributed by atoms with Gasteiger partial charge >= 0.3 is 0 Å². The summed E-state index contributed by atoms with van der Waals surface area (Å²) in [6, 6.07) is 16.0. The van der Waals surface area contributed by atoms with Crippen molar-refractivity contribution in [1.82, 2.24) is 15.6 Å². The van der Waals surface area contributed by atoms with Crippen molar-refractivity contribution < 1.29 is 13.9 Å². The zero-order valence-corrected chi connectivity index (χ0v) is 21.1. The van der Waals surface area contributed by atoms with Gasteiger partial charge in [0, 0.05) is 19.2 Å². The first-order valence-corrected chi connectivity index (χ1v) is 10.4. The normalized spacial score (nSPS) is 11.0. The van der Waals surface area contributed by atoms with Crippen LogP contribution in [-0.4, -0.2) is 37.8 Å². The molecule has 1 heterocycles. The number of benzene rings is 2. The summed E-state index contributed by atoms with van der Waals surface area (Å²) < 4.78 is 16.2. The second-order valence-corrected chi connectivity index (χ2v) is 7.04. The monoisotopic (exact) mass is 550 g/mol. The van der Waals surface area contributed by atoms with Gasteiger partial charge in [0.1, 0.15) is 18.6 Å². The Morgan fingerprint density at radius 1 is 1.03 bits per heavy atom. The molecule has 1 aromatic heterocycles. The second-order valence-electron chi connectivity index (χ2n) is 7.04. The van der Waals surface area contributed by atoms with Crippen molar-refractivity contribution in [3.63, 3.8) is 0 Å². The van der Waals surface area contributed by atoms with Crippen LogP contribution in [0.15, 0.2) is 64.2 Å². The molecule has 0 saturated heterocycles. The third-order valence-electron chi connectivity index (χ3n) is 4.53. The summed E-state index contributed by atoms with van der Waals surface area (Å²) in [5, 5.41) is 6.56. The van der Waals surface area contributed by atoms with E-state index in [0.717, 1.165) is 35.1 Å². The number of hydrogen-bond donors (Lipinski definition) is 2. The summed E-state index contributed by atoms with van der Waals surface area (Å²) in [5.41, 5.74) is 4.09. The standard InChI is InChI=1S/C24H30N4O3.HI/c1-4-25-24(26-15-19-7-11-22(12-8-19)30-14-13-29-3)27-16-21-17-31-23(28-21)20-9-5-18(2)6-10-20;/h5-12,17H,4,13-16H2,1-3H3,(H2,25,26,27);1H. The van der Waals surface area contributed by atoms with E-state index in [2.05, 4.69) is 27.5 Å². The van der Waals surface area contributed by atoms with Crippen LogP contribution in [0.5, 0.6) is 5.75 Å². The van der Waals surface area contributed by atoms with Crippen molar-refractivity contribution in [2.45, 2.75) is 26.9 Å². The van der Waals surface area contributed by atoms with Gasteiger partial charge in [-0.25, -0.2) is 9.98 Å². The van der Waals surface area contributed by atoms with Gasteiger partial charge in [-0.2, -0.15) is 0 Å². The van der Waals surface area contributed by atoms with E-state index in [0.29, 0.717) is 32.2 Å². The van der Waals surface area contributed by atoms with Crippen molar-refractivity contribution in [1.29, 1.82) is 0 Å². The fourth-order valence-corrected chi connectivity index (χ4v) is 2.84. The molecular weight excluding hydrogens is 519 g/mol. The third kappa shape index (κ3) is 8.16. The summed E-state index contributed by atoms with van der Waals surface area (Å²) in [5.74, 6) is 2.17. The van der Waals surface area contributed by atoms with E-state index in [-0.39, 0.29) is 24.0 Å². The van der Waals surface area contributed by atoms with Crippen LogP contribution in [0.1, 0.15) is 23.7 Å². The molecule has 0 spiro atoms. The number of halogens is 1. The SMILES string of the molecule is CCNC(=NCc1ccc(OCCOC)cc1)NCc1coc(-c2ccc(C)cc2)n1.I. The Morgan fingerprint density at radius 2 is 1.78 bits per heavy atom. The van der Waals surface area contributed by atoms with E-state index >= 15 is 0 Å². The number of aryl methyl sites for hydroxylation is 1. The van der Waals surface area contributed by atoms with Crippen molar-refractivity contribution >= 4 is 29.9 Å². The molecular formula is C24H31IN4O3. The largest absolute Gasteiger partial charge is 0.491 e. The number of ether oxygens (including phenoxy) is 2. The minimum atomic E-state index is 0. The molecule has 3 rings (SSSR count). The second kappa shape index (κ2) is 13.7. The number of aliphatic imine (C=N–C) groups is 1. The average Bonchev–Trinajstić information content (AvgIpc) is 3.26. The van der Waals surface area contributed by atoms with E-state index in [9.17, 15) is 0 Å². The lowest BCUT2D eigenvalue weighted by molar-refractivity contribution is 0.146. The minimum Gasteiger partial charge on any atom is -0.491 e. The number of oxazole rings is 1. The average molecular weight is 550 g/mol. The fraction of sp³-hybridized carbons (Fsp3) is 0.333. The summed E-state index contributed by atoms with van der Waals surface area (Å²) >= 11 is 0. The number of guanidine groups is 1. The van der Waals surface area contributed by atoms with Gasteiger partial charge in [-0.05, 0) is 43.7 Å². The Kier molecular flexibility index (Phi) is 11.0. The van der Waals surface area contributed by atoms with Gasteiger partial charge in [-0.1, -0.05) is 29.8 Å². The lowest BCUT2D eigenvalue weighted by Gasteiger charge is -2.10. The number of hydrogen-bond acceptors (Lipinski definition) is 5. The smallest absolute Gasteiger partial charge is 0.226 e. The molecule has 32 heavy (non-hydrogen) atoms. The number of aromatic nitrogens is 1. The molecule has 0 atom stereocenters. The van der Waals surface area contributed by atoms with Crippen molar-refractivity contribution in [2.24, 2.45) is 4.99 Å². The lowest BCUT2D eigenvalue weighted by atomic mass is 10.1. The van der Waals surface area contributed by atoms with E-state index in [1.165, 1.54) is 5.56 Å². The van der Waals surface area contributed by atoms with Crippen LogP contribution in [0.4, 0.5) is 0 Å². The highest BCUT2D eigenvalue weighted by Gasteiger charge is 2.07. The molecule has 0 unspecified atom stereocenters. The van der Waals surface area contributed by atoms with Gasteiger partial charge in [0.05, 0.1) is 25.4 Å². The van der Waals surface area contributed by atoms with Gasteiger partial charge in [0.25, 0.3) is 0 Å². The molecule has 0 saturated carbocycles. The fourth-order valence-electron chi connectivity index (χ4n) is 2.84. The molecule has 0 radical (unpaired) electrons. The highest BCUT2D eigenvalue weighted by atomic mass is 127. The van der Waals surface area contributed by atoms with E-state index in [1.807, 2.05) is 55.5 Å². The molecule has 2 aromatic carbocycles. The van der Waals surface area contributed by atoms with Gasteiger partial charge in [0.15, 0.2) is 5.96 Å². The van der Waals surface area contributed by atoms with E-state index in [1.54, 1.807) is 13.4 Å². The Bertz CT molecular complexity index is 956. The number of nitrogens with one attached hydrogen (secondary N) is 2. The van der Waals surface area contributed by atoms with Crippen LogP contribution in [0.2, 0.25) is 0 Å². The van der Waals surface area contributed by atoms with Crippen molar-refractivity contribution in [2.75, 3.05) is 26.9 Å². The number of nitrogens with zero attached hydrogens (tertiary/aromatic N) is 2. The van der Waals surface area contributed by atoms with Crippen LogP contribution in [-0.2, 0) is 17.8 Å². The zero-order chi connectivity index (χ0) is 21.9. The highest BCUT2D eigenvalue weighted by molar-refractivity contribution is 14.0. The van der Waals surface area contributed by atoms with Gasteiger partial charge in [0.2, 0.25) is 5.89 Å². The first-order valence-electron chi connectivity index (χ1n) is 10.4. The Labute approximate surface area is 206 Å². The quantitative estimate of drug-likeness (QED) is 0.167. The molecule has 3 aromatic rings. The molecule has 0 aliphatic carbocycles. The molecule has 0 fully saturated rings. The summed E-state index contributed by atoms with van der Waals surface area (Å²) in [7, 11) is 1.66. The maximum atomic E-state index is 5.63. The molecule has 2 N–H and O–H groups in total. The predicted octanol–water partition coefficient (Wildman–Crippen LogP) is 4.55. The third-order valence-corrected chi connectivity index (χ3v) is 4.53. The molecule has 0 aliphatic rings. The molecule has 0 bridgehead atoms. The molecule has 172 valence electrons. The maximum absolute atomic E-state index is 5.63. The van der Waals surface area contributed by atoms with Gasteiger partial charge < -0.3 is 24.5 Å². The maximum Gasteiger partial charge on any atom is 0.226 e. The molecule has 7 nitrogen and oxygen atoms in total. The predicted molar refractivity (Wildman–Crippen MR) is 138 cm³/mol. The summed E-state index contributed by atoms with van der Waals surface area (Å²) in [6.45, 7) is 7.05. The highest BCUT2D eigenvalue weighted by Crippen LogP contribution is 2.19. The van der Waals surface area contributed by atoms with Crippen LogP contribution < -0.4 is 15.4 Å². The van der Waals surface area contributed by atoms with Crippen molar-refractivity contribution in [3.05, 3.63) is 71.6 Å². The zero-order valence-electron chi connectivity index (χ0n) is 18.8. The summed E-state index contributed by atoms with van der Waals surface area (Å²) in [4.78, 5) is 9.22. The van der Waals surface area contributed by atoms with Crippen LogP contribution in [0, 0.1) is 6.92 Å². The molecule has 0 amide bonds. The first kappa shape index (κ1) is 25.7. The van der Waals surface area contributed by atoms with E-state index in [4.69, 9.17) is 13.9 Å². The Hall–Kier alpha value is -2.59.